The Labute approximate surface area is 120 Å². The number of halogens is 2. The van der Waals surface area contributed by atoms with Crippen LogP contribution in [0.2, 0.25) is 0 Å². The lowest BCUT2D eigenvalue weighted by Gasteiger charge is -2.09. The average Bonchev–Trinajstić information content (AvgIpc) is 2.87. The summed E-state index contributed by atoms with van der Waals surface area (Å²) in [5, 5.41) is 8.30. The second-order valence-corrected chi connectivity index (χ2v) is 5.82. The van der Waals surface area contributed by atoms with Gasteiger partial charge in [0.2, 0.25) is 5.91 Å². The number of carbonyl (C=O) groups is 1. The second kappa shape index (κ2) is 7.36. The van der Waals surface area contributed by atoms with Crippen molar-refractivity contribution in [1.82, 2.24) is 10.6 Å². The lowest BCUT2D eigenvalue weighted by atomic mass is 10.1. The molecule has 1 atom stereocenters. The summed E-state index contributed by atoms with van der Waals surface area (Å²) in [7, 11) is 0. The maximum absolute atomic E-state index is 11.6. The third-order valence-corrected chi connectivity index (χ3v) is 4.66. The van der Waals surface area contributed by atoms with Crippen LogP contribution in [-0.2, 0) is 11.3 Å². The minimum Gasteiger partial charge on any atom is -0.351 e. The average molecular weight is 340 g/mol. The van der Waals surface area contributed by atoms with Gasteiger partial charge in [-0.05, 0) is 46.8 Å². The predicted octanol–water partition coefficient (Wildman–Crippen LogP) is 2.69. The van der Waals surface area contributed by atoms with E-state index in [1.54, 1.807) is 11.3 Å². The number of rotatable bonds is 4. The molecule has 0 aliphatic carbocycles. The van der Waals surface area contributed by atoms with Crippen LogP contribution in [0, 0.1) is 0 Å². The molecule has 0 bridgehead atoms. The molecule has 6 heteroatoms. The molecule has 2 rings (SSSR count). The number of hydrogen-bond donors (Lipinski definition) is 2. The van der Waals surface area contributed by atoms with Crippen LogP contribution in [0.25, 0.3) is 0 Å². The van der Waals surface area contributed by atoms with Gasteiger partial charge in [-0.25, -0.2) is 0 Å². The van der Waals surface area contributed by atoms with Crippen molar-refractivity contribution in [2.45, 2.75) is 31.8 Å². The molecule has 17 heavy (non-hydrogen) atoms. The Balaban J connectivity index is 0.00000144. The minimum absolute atomic E-state index is 0. The van der Waals surface area contributed by atoms with Crippen LogP contribution in [0.1, 0.15) is 24.1 Å². The summed E-state index contributed by atoms with van der Waals surface area (Å²) in [6.07, 6.45) is 2.91. The van der Waals surface area contributed by atoms with Crippen molar-refractivity contribution < 1.29 is 4.79 Å². The summed E-state index contributed by atoms with van der Waals surface area (Å²) in [4.78, 5) is 12.8. The van der Waals surface area contributed by atoms with Crippen LogP contribution in [0.3, 0.4) is 0 Å². The van der Waals surface area contributed by atoms with E-state index in [1.165, 1.54) is 11.3 Å². The van der Waals surface area contributed by atoms with Gasteiger partial charge in [0.25, 0.3) is 0 Å². The van der Waals surface area contributed by atoms with E-state index in [2.05, 4.69) is 26.6 Å². The molecule has 1 aromatic rings. The van der Waals surface area contributed by atoms with E-state index in [4.69, 9.17) is 0 Å². The molecular weight excluding hydrogens is 324 g/mol. The standard InChI is InChI=1S/C11H15BrN2OS.ClH/c12-9-3-5-16-10(9)7-14-11(15)6-8-2-1-4-13-8;/h3,5,8,13H,1-2,4,6-7H2,(H,14,15);1H. The zero-order valence-corrected chi connectivity index (χ0v) is 12.6. The lowest BCUT2D eigenvalue weighted by Crippen LogP contribution is -2.31. The third-order valence-electron chi connectivity index (χ3n) is 2.73. The highest BCUT2D eigenvalue weighted by atomic mass is 79.9. The molecule has 1 aromatic heterocycles. The molecule has 1 saturated heterocycles. The van der Waals surface area contributed by atoms with Gasteiger partial charge in [-0.2, -0.15) is 0 Å². The quantitative estimate of drug-likeness (QED) is 0.885. The molecule has 1 aliphatic rings. The Kier molecular flexibility index (Phi) is 6.48. The highest BCUT2D eigenvalue weighted by Gasteiger charge is 2.17. The maximum atomic E-state index is 11.6. The predicted molar refractivity (Wildman–Crippen MR) is 76.8 cm³/mol. The van der Waals surface area contributed by atoms with Crippen molar-refractivity contribution in [2.24, 2.45) is 0 Å². The van der Waals surface area contributed by atoms with E-state index in [0.29, 0.717) is 19.0 Å². The van der Waals surface area contributed by atoms with Crippen molar-refractivity contribution in [2.75, 3.05) is 6.54 Å². The largest absolute Gasteiger partial charge is 0.351 e. The SMILES string of the molecule is Cl.O=C(CC1CCCN1)NCc1sccc1Br. The summed E-state index contributed by atoms with van der Waals surface area (Å²) in [6, 6.07) is 2.39. The van der Waals surface area contributed by atoms with E-state index in [9.17, 15) is 4.79 Å². The molecule has 3 nitrogen and oxygen atoms in total. The van der Waals surface area contributed by atoms with E-state index in [-0.39, 0.29) is 18.3 Å². The molecule has 1 aliphatic heterocycles. The fraction of sp³-hybridized carbons (Fsp3) is 0.545. The fourth-order valence-electron chi connectivity index (χ4n) is 1.86. The zero-order chi connectivity index (χ0) is 11.4. The molecule has 96 valence electrons. The Morgan fingerprint density at radius 2 is 2.47 bits per heavy atom. The van der Waals surface area contributed by atoms with Crippen LogP contribution >= 0.6 is 39.7 Å². The van der Waals surface area contributed by atoms with Crippen LogP contribution < -0.4 is 10.6 Å². The van der Waals surface area contributed by atoms with E-state index >= 15 is 0 Å². The van der Waals surface area contributed by atoms with Gasteiger partial charge >= 0.3 is 0 Å². The second-order valence-electron chi connectivity index (χ2n) is 3.97. The van der Waals surface area contributed by atoms with Gasteiger partial charge in [0.15, 0.2) is 0 Å². The first kappa shape index (κ1) is 15.0. The third kappa shape index (κ3) is 4.58. The first-order chi connectivity index (χ1) is 7.75. The fourth-order valence-corrected chi connectivity index (χ4v) is 3.29. The molecule has 0 spiro atoms. The smallest absolute Gasteiger partial charge is 0.221 e. The van der Waals surface area contributed by atoms with Crippen molar-refractivity contribution in [3.05, 3.63) is 20.8 Å². The minimum atomic E-state index is 0. The van der Waals surface area contributed by atoms with E-state index in [0.717, 1.165) is 17.4 Å². The van der Waals surface area contributed by atoms with Crippen LogP contribution in [0.15, 0.2) is 15.9 Å². The van der Waals surface area contributed by atoms with Gasteiger partial charge in [-0.3, -0.25) is 4.79 Å². The van der Waals surface area contributed by atoms with Gasteiger partial charge in [0.05, 0.1) is 6.54 Å². The molecule has 2 heterocycles. The number of amides is 1. The van der Waals surface area contributed by atoms with Gasteiger partial charge in [-0.1, -0.05) is 0 Å². The molecule has 1 fully saturated rings. The number of thiophene rings is 1. The van der Waals surface area contributed by atoms with Gasteiger partial charge in [0, 0.05) is 21.8 Å². The molecule has 0 radical (unpaired) electrons. The first-order valence-electron chi connectivity index (χ1n) is 5.47. The summed E-state index contributed by atoms with van der Waals surface area (Å²) in [6.45, 7) is 1.68. The van der Waals surface area contributed by atoms with Crippen molar-refractivity contribution in [1.29, 1.82) is 0 Å². The molecule has 2 N–H and O–H groups in total. The van der Waals surface area contributed by atoms with Crippen LogP contribution in [-0.4, -0.2) is 18.5 Å². The monoisotopic (exact) mass is 338 g/mol. The summed E-state index contributed by atoms with van der Waals surface area (Å²) in [5.41, 5.74) is 0. The summed E-state index contributed by atoms with van der Waals surface area (Å²) in [5.74, 6) is 0.139. The first-order valence-corrected chi connectivity index (χ1v) is 7.15. The van der Waals surface area contributed by atoms with Crippen molar-refractivity contribution in [3.63, 3.8) is 0 Å². The lowest BCUT2D eigenvalue weighted by molar-refractivity contribution is -0.121. The number of hydrogen-bond acceptors (Lipinski definition) is 3. The molecule has 0 saturated carbocycles. The highest BCUT2D eigenvalue weighted by Crippen LogP contribution is 2.22. The Hall–Kier alpha value is -0.100. The number of carbonyl (C=O) groups excluding carboxylic acids is 1. The normalized spacial score (nSPS) is 18.8. The molecule has 1 unspecified atom stereocenters. The van der Waals surface area contributed by atoms with E-state index in [1.807, 2.05) is 11.4 Å². The topological polar surface area (TPSA) is 41.1 Å². The Morgan fingerprint density at radius 1 is 1.65 bits per heavy atom. The Morgan fingerprint density at radius 3 is 3.06 bits per heavy atom. The van der Waals surface area contributed by atoms with Crippen molar-refractivity contribution in [3.8, 4) is 0 Å². The number of nitrogens with one attached hydrogen (secondary N) is 2. The van der Waals surface area contributed by atoms with Gasteiger partial charge in [-0.15, -0.1) is 23.7 Å². The van der Waals surface area contributed by atoms with Gasteiger partial charge < -0.3 is 10.6 Å². The maximum Gasteiger partial charge on any atom is 0.221 e. The zero-order valence-electron chi connectivity index (χ0n) is 9.37. The summed E-state index contributed by atoms with van der Waals surface area (Å²) >= 11 is 5.11. The molecular formula is C11H16BrClN2OS. The van der Waals surface area contributed by atoms with Crippen molar-refractivity contribution >= 4 is 45.6 Å². The van der Waals surface area contributed by atoms with Crippen LogP contribution in [0.4, 0.5) is 0 Å². The molecule has 1 amide bonds. The molecule has 0 aromatic carbocycles. The summed E-state index contributed by atoms with van der Waals surface area (Å²) < 4.78 is 1.08. The van der Waals surface area contributed by atoms with Crippen LogP contribution in [0.5, 0.6) is 0 Å². The highest BCUT2D eigenvalue weighted by molar-refractivity contribution is 9.10. The Bertz CT molecular complexity index is 366. The van der Waals surface area contributed by atoms with Gasteiger partial charge in [0.1, 0.15) is 0 Å². The van der Waals surface area contributed by atoms with E-state index < -0.39 is 0 Å².